The first-order valence-electron chi connectivity index (χ1n) is 7.51. The van der Waals surface area contributed by atoms with Gasteiger partial charge in [0.25, 0.3) is 10.0 Å². The van der Waals surface area contributed by atoms with Gasteiger partial charge in [-0.1, -0.05) is 0 Å². The van der Waals surface area contributed by atoms with Gasteiger partial charge < -0.3 is 5.32 Å². The minimum atomic E-state index is -3.67. The molecule has 1 aromatic carbocycles. The minimum Gasteiger partial charge on any atom is -0.326 e. The summed E-state index contributed by atoms with van der Waals surface area (Å²) in [7, 11) is -3.67. The average molecular weight is 332 g/mol. The fourth-order valence-electron chi connectivity index (χ4n) is 2.67. The number of carbonyl (C=O) groups is 1. The van der Waals surface area contributed by atoms with Crippen LogP contribution in [0.25, 0.3) is 0 Å². The maximum Gasteiger partial charge on any atom is 0.262 e. The molecule has 1 aromatic heterocycles. The fourth-order valence-corrected chi connectivity index (χ4v) is 3.75. The summed E-state index contributed by atoms with van der Waals surface area (Å²) >= 11 is 0. The maximum atomic E-state index is 12.5. The van der Waals surface area contributed by atoms with Gasteiger partial charge in [-0.25, -0.2) is 8.42 Å². The predicted molar refractivity (Wildman–Crippen MR) is 84.7 cm³/mol. The van der Waals surface area contributed by atoms with E-state index in [0.717, 1.165) is 18.4 Å². The highest BCUT2D eigenvalue weighted by atomic mass is 32.2. The second-order valence-electron chi connectivity index (χ2n) is 5.91. The Balaban J connectivity index is 1.59. The Kier molecular flexibility index (Phi) is 3.15. The molecule has 2 aliphatic rings. The van der Waals surface area contributed by atoms with Crippen LogP contribution in [0.1, 0.15) is 30.9 Å². The van der Waals surface area contributed by atoms with E-state index in [4.69, 9.17) is 0 Å². The number of fused-ring (bicyclic) bond motifs is 1. The summed E-state index contributed by atoms with van der Waals surface area (Å²) in [6, 6.07) is 5.15. The highest BCUT2D eigenvalue weighted by Crippen LogP contribution is 2.34. The van der Waals surface area contributed by atoms with E-state index in [-0.39, 0.29) is 10.8 Å². The van der Waals surface area contributed by atoms with Gasteiger partial charge in [0, 0.05) is 18.3 Å². The summed E-state index contributed by atoms with van der Waals surface area (Å²) in [4.78, 5) is 11.5. The van der Waals surface area contributed by atoms with Gasteiger partial charge in [-0.15, -0.1) is 0 Å². The van der Waals surface area contributed by atoms with Crippen molar-refractivity contribution in [2.24, 2.45) is 0 Å². The molecule has 120 valence electrons. The van der Waals surface area contributed by atoms with Gasteiger partial charge >= 0.3 is 0 Å². The number of benzene rings is 1. The molecule has 2 heterocycles. The van der Waals surface area contributed by atoms with Crippen LogP contribution in [0.3, 0.4) is 0 Å². The Morgan fingerprint density at radius 2 is 2.09 bits per heavy atom. The normalized spacial score (nSPS) is 17.5. The van der Waals surface area contributed by atoms with Crippen molar-refractivity contribution < 1.29 is 13.2 Å². The number of nitrogens with one attached hydrogen (secondary N) is 2. The van der Waals surface area contributed by atoms with Gasteiger partial charge in [-0.05, 0) is 43.0 Å². The molecule has 0 atom stereocenters. The number of hydrogen-bond acceptors (Lipinski definition) is 4. The lowest BCUT2D eigenvalue weighted by Gasteiger charge is -2.17. The second kappa shape index (κ2) is 5.09. The van der Waals surface area contributed by atoms with E-state index in [9.17, 15) is 13.2 Å². The van der Waals surface area contributed by atoms with E-state index >= 15 is 0 Å². The van der Waals surface area contributed by atoms with Crippen molar-refractivity contribution in [3.8, 4) is 0 Å². The number of carbonyl (C=O) groups excluding carboxylic acids is 1. The lowest BCUT2D eigenvalue weighted by molar-refractivity contribution is -0.116. The van der Waals surface area contributed by atoms with Gasteiger partial charge in [0.2, 0.25) is 5.91 Å². The predicted octanol–water partition coefficient (Wildman–Crippen LogP) is 1.90. The molecule has 0 bridgehead atoms. The molecule has 2 N–H and O–H groups in total. The van der Waals surface area contributed by atoms with Crippen molar-refractivity contribution in [3.63, 3.8) is 0 Å². The Bertz CT molecular complexity index is 884. The van der Waals surface area contributed by atoms with Crippen LogP contribution in [0.15, 0.2) is 35.5 Å². The number of anilines is 2. The zero-order valence-electron chi connectivity index (χ0n) is 12.3. The Morgan fingerprint density at radius 1 is 1.26 bits per heavy atom. The van der Waals surface area contributed by atoms with E-state index < -0.39 is 10.0 Å². The molecule has 8 heteroatoms. The molecule has 1 aliphatic heterocycles. The zero-order chi connectivity index (χ0) is 16.0. The molecule has 0 saturated heterocycles. The lowest BCUT2D eigenvalue weighted by Crippen LogP contribution is -2.20. The van der Waals surface area contributed by atoms with Crippen molar-refractivity contribution in [2.75, 3.05) is 10.0 Å². The first-order valence-corrected chi connectivity index (χ1v) is 8.99. The molecule has 7 nitrogen and oxygen atoms in total. The third kappa shape index (κ3) is 2.81. The summed E-state index contributed by atoms with van der Waals surface area (Å²) < 4.78 is 29.4. The van der Waals surface area contributed by atoms with Crippen LogP contribution in [-0.4, -0.2) is 24.1 Å². The molecule has 1 amide bonds. The topological polar surface area (TPSA) is 93.1 Å². The van der Waals surface area contributed by atoms with Crippen LogP contribution in [0.5, 0.6) is 0 Å². The maximum absolute atomic E-state index is 12.5. The molecule has 1 saturated carbocycles. The highest BCUT2D eigenvalue weighted by Gasteiger charge is 2.25. The summed E-state index contributed by atoms with van der Waals surface area (Å²) in [5.41, 5.74) is 1.98. The van der Waals surface area contributed by atoms with E-state index in [0.29, 0.717) is 30.3 Å². The van der Waals surface area contributed by atoms with Gasteiger partial charge in [-0.2, -0.15) is 5.10 Å². The van der Waals surface area contributed by atoms with Gasteiger partial charge in [0.05, 0.1) is 22.8 Å². The Hall–Kier alpha value is -2.35. The molecule has 2 aromatic rings. The van der Waals surface area contributed by atoms with Crippen molar-refractivity contribution in [2.45, 2.75) is 36.6 Å². The monoisotopic (exact) mass is 332 g/mol. The number of rotatable bonds is 4. The largest absolute Gasteiger partial charge is 0.326 e. The van der Waals surface area contributed by atoms with Crippen LogP contribution in [0.2, 0.25) is 0 Å². The number of sulfonamides is 1. The molecule has 23 heavy (non-hydrogen) atoms. The fraction of sp³-hybridized carbons (Fsp3) is 0.333. The molecule has 1 aliphatic carbocycles. The first-order chi connectivity index (χ1) is 11.0. The van der Waals surface area contributed by atoms with Crippen LogP contribution in [0, 0.1) is 0 Å². The van der Waals surface area contributed by atoms with Crippen molar-refractivity contribution >= 4 is 27.3 Å². The summed E-state index contributed by atoms with van der Waals surface area (Å²) in [6.07, 6.45) is 6.33. The third-order valence-electron chi connectivity index (χ3n) is 4.06. The van der Waals surface area contributed by atoms with Crippen LogP contribution in [-0.2, 0) is 21.2 Å². The van der Waals surface area contributed by atoms with E-state index in [1.807, 2.05) is 0 Å². The number of aromatic nitrogens is 2. The first kappa shape index (κ1) is 14.3. The minimum absolute atomic E-state index is 0.0428. The lowest BCUT2D eigenvalue weighted by atomic mass is 10.0. The average Bonchev–Trinajstić information content (AvgIpc) is 3.27. The Morgan fingerprint density at radius 3 is 2.87 bits per heavy atom. The molecule has 0 unspecified atom stereocenters. The standard InChI is InChI=1S/C15H16N4O3S/c20-15-6-1-10-7-13(4-5-14(10)17-15)23(21,22)18-11-8-16-19(9-11)12-2-3-12/h4-5,7-9,12,18H,1-3,6H2,(H,17,20). The molecular formula is C15H16N4O3S. The van der Waals surface area contributed by atoms with Gasteiger partial charge in [0.15, 0.2) is 0 Å². The van der Waals surface area contributed by atoms with E-state index in [1.165, 1.54) is 12.3 Å². The second-order valence-corrected chi connectivity index (χ2v) is 7.60. The number of nitrogens with zero attached hydrogens (tertiary/aromatic N) is 2. The quantitative estimate of drug-likeness (QED) is 0.894. The number of amides is 1. The SMILES string of the molecule is O=C1CCc2cc(S(=O)(=O)Nc3cnn(C4CC4)c3)ccc2N1. The molecule has 4 rings (SSSR count). The van der Waals surface area contributed by atoms with E-state index in [1.54, 1.807) is 23.0 Å². The molecule has 0 radical (unpaired) electrons. The summed E-state index contributed by atoms with van der Waals surface area (Å²) in [5, 5.41) is 6.92. The molecule has 0 spiro atoms. The summed E-state index contributed by atoms with van der Waals surface area (Å²) in [5.74, 6) is -0.0428. The van der Waals surface area contributed by atoms with Crippen molar-refractivity contribution in [1.82, 2.24) is 9.78 Å². The van der Waals surface area contributed by atoms with E-state index in [2.05, 4.69) is 15.1 Å². The van der Waals surface area contributed by atoms with Crippen LogP contribution >= 0.6 is 0 Å². The van der Waals surface area contributed by atoms with Crippen LogP contribution < -0.4 is 10.0 Å². The van der Waals surface area contributed by atoms with Crippen molar-refractivity contribution in [3.05, 3.63) is 36.2 Å². The van der Waals surface area contributed by atoms with Crippen LogP contribution in [0.4, 0.5) is 11.4 Å². The summed E-state index contributed by atoms with van der Waals surface area (Å²) in [6.45, 7) is 0. The smallest absolute Gasteiger partial charge is 0.262 e. The van der Waals surface area contributed by atoms with Gasteiger partial charge in [0.1, 0.15) is 0 Å². The molecular weight excluding hydrogens is 316 g/mol. The number of aryl methyl sites for hydroxylation is 1. The Labute approximate surface area is 133 Å². The zero-order valence-corrected chi connectivity index (χ0v) is 13.1. The highest BCUT2D eigenvalue weighted by molar-refractivity contribution is 7.92. The number of hydrogen-bond donors (Lipinski definition) is 2. The molecule has 1 fully saturated rings. The van der Waals surface area contributed by atoms with Crippen molar-refractivity contribution in [1.29, 1.82) is 0 Å². The van der Waals surface area contributed by atoms with Gasteiger partial charge in [-0.3, -0.25) is 14.2 Å². The third-order valence-corrected chi connectivity index (χ3v) is 5.44.